The molecule has 0 aliphatic rings. The van der Waals surface area contributed by atoms with Gasteiger partial charge in [-0.25, -0.2) is 0 Å². The molecule has 404 valence electrons. The molecule has 3 N–H and O–H groups in total. The lowest BCUT2D eigenvalue weighted by atomic mass is 10.0. The smallest absolute Gasteiger partial charge is 0.305 e. The van der Waals surface area contributed by atoms with Gasteiger partial charge in [-0.05, 0) is 83.5 Å². The Morgan fingerprint density at radius 2 is 0.739 bits per heavy atom. The number of rotatable bonds is 56. The van der Waals surface area contributed by atoms with Gasteiger partial charge >= 0.3 is 5.97 Å². The molecular weight excluding hydrogens is 851 g/mol. The molecule has 0 aliphatic heterocycles. The van der Waals surface area contributed by atoms with Crippen molar-refractivity contribution in [3.63, 3.8) is 0 Å². The first-order valence-corrected chi connectivity index (χ1v) is 30.4. The number of aliphatic hydroxyl groups is 2. The van der Waals surface area contributed by atoms with Crippen molar-refractivity contribution in [2.45, 2.75) is 328 Å². The first-order chi connectivity index (χ1) is 34.0. The van der Waals surface area contributed by atoms with E-state index in [-0.39, 0.29) is 18.5 Å². The Balaban J connectivity index is 3.43. The maximum absolute atomic E-state index is 12.5. The highest BCUT2D eigenvalue weighted by atomic mass is 16.5. The van der Waals surface area contributed by atoms with Crippen LogP contribution in [0.5, 0.6) is 0 Å². The normalized spacial score (nSPS) is 12.9. The number of unbranched alkanes of at least 4 members (excludes halogenated alkanes) is 39. The Bertz CT molecular complexity index is 1160. The fourth-order valence-electron chi connectivity index (χ4n) is 9.12. The molecule has 0 aliphatic carbocycles. The SMILES string of the molecule is CCCC/C=C\C/C=C\CCCCCCCC(=O)OCCCCCCCCCCCCCC/C=C\CCCCCCCCCCC(=O)NC(CO)C(O)/C=C/CCCCCCCCCCCCCC. The summed E-state index contributed by atoms with van der Waals surface area (Å²) in [5, 5.41) is 23.1. The number of amides is 1. The molecule has 0 radical (unpaired) electrons. The Hall–Kier alpha value is -2.18. The van der Waals surface area contributed by atoms with E-state index in [9.17, 15) is 19.8 Å². The minimum Gasteiger partial charge on any atom is -0.466 e. The van der Waals surface area contributed by atoms with Crippen molar-refractivity contribution in [1.29, 1.82) is 0 Å². The van der Waals surface area contributed by atoms with Gasteiger partial charge in [-0.3, -0.25) is 9.59 Å². The van der Waals surface area contributed by atoms with Gasteiger partial charge in [0, 0.05) is 12.8 Å². The second kappa shape index (κ2) is 58.4. The van der Waals surface area contributed by atoms with Gasteiger partial charge in [-0.15, -0.1) is 0 Å². The van der Waals surface area contributed by atoms with E-state index in [1.165, 1.54) is 238 Å². The molecule has 0 saturated carbocycles. The maximum Gasteiger partial charge on any atom is 0.305 e. The number of hydrogen-bond acceptors (Lipinski definition) is 5. The predicted molar refractivity (Wildman–Crippen MR) is 301 cm³/mol. The van der Waals surface area contributed by atoms with Crippen molar-refractivity contribution < 1.29 is 24.5 Å². The summed E-state index contributed by atoms with van der Waals surface area (Å²) in [5.74, 6) is -0.0757. The monoisotopic (exact) mass is 968 g/mol. The Labute approximate surface area is 429 Å². The number of aliphatic hydroxyl groups excluding tert-OH is 2. The van der Waals surface area contributed by atoms with Crippen LogP contribution in [0.2, 0.25) is 0 Å². The lowest BCUT2D eigenvalue weighted by Crippen LogP contribution is -2.45. The van der Waals surface area contributed by atoms with E-state index < -0.39 is 12.1 Å². The van der Waals surface area contributed by atoms with Crippen LogP contribution < -0.4 is 5.32 Å². The second-order valence-corrected chi connectivity index (χ2v) is 20.7. The lowest BCUT2D eigenvalue weighted by molar-refractivity contribution is -0.143. The number of carbonyl (C=O) groups excluding carboxylic acids is 2. The molecule has 6 nitrogen and oxygen atoms in total. The summed E-state index contributed by atoms with van der Waals surface area (Å²) in [6.45, 7) is 4.86. The van der Waals surface area contributed by atoms with Crippen LogP contribution in [-0.4, -0.2) is 47.4 Å². The molecule has 0 aromatic heterocycles. The topological polar surface area (TPSA) is 95.9 Å². The first-order valence-electron chi connectivity index (χ1n) is 30.4. The van der Waals surface area contributed by atoms with E-state index in [1.807, 2.05) is 6.08 Å². The molecule has 0 saturated heterocycles. The molecule has 0 bridgehead atoms. The Morgan fingerprint density at radius 3 is 1.16 bits per heavy atom. The van der Waals surface area contributed by atoms with Crippen LogP contribution in [-0.2, 0) is 14.3 Å². The van der Waals surface area contributed by atoms with Crippen molar-refractivity contribution >= 4 is 11.9 Å². The van der Waals surface area contributed by atoms with Gasteiger partial charge in [0.15, 0.2) is 0 Å². The highest BCUT2D eigenvalue weighted by Gasteiger charge is 2.18. The maximum atomic E-state index is 12.5. The summed E-state index contributed by atoms with van der Waals surface area (Å²) in [5.41, 5.74) is 0. The summed E-state index contributed by atoms with van der Waals surface area (Å²) in [6, 6.07) is -0.631. The molecule has 1 amide bonds. The van der Waals surface area contributed by atoms with Crippen LogP contribution in [0.3, 0.4) is 0 Å². The van der Waals surface area contributed by atoms with Gasteiger partial charge in [0.05, 0.1) is 25.4 Å². The van der Waals surface area contributed by atoms with Crippen molar-refractivity contribution in [2.75, 3.05) is 13.2 Å². The van der Waals surface area contributed by atoms with Crippen LogP contribution in [0.25, 0.3) is 0 Å². The van der Waals surface area contributed by atoms with Crippen LogP contribution in [0.1, 0.15) is 316 Å². The molecule has 0 spiro atoms. The van der Waals surface area contributed by atoms with Gasteiger partial charge in [-0.2, -0.15) is 0 Å². The van der Waals surface area contributed by atoms with E-state index >= 15 is 0 Å². The highest BCUT2D eigenvalue weighted by Crippen LogP contribution is 2.16. The van der Waals surface area contributed by atoms with Crippen LogP contribution in [0.4, 0.5) is 0 Å². The van der Waals surface area contributed by atoms with Gasteiger partial charge in [0.25, 0.3) is 0 Å². The fraction of sp³-hybridized carbons (Fsp3) is 0.841. The summed E-state index contributed by atoms with van der Waals surface area (Å²) < 4.78 is 5.47. The molecule has 2 atom stereocenters. The molecule has 0 fully saturated rings. The van der Waals surface area contributed by atoms with Gasteiger partial charge in [-0.1, -0.05) is 268 Å². The number of nitrogens with one attached hydrogen (secondary N) is 1. The summed E-state index contributed by atoms with van der Waals surface area (Å²) >= 11 is 0. The predicted octanol–water partition coefficient (Wildman–Crippen LogP) is 19.0. The summed E-state index contributed by atoms with van der Waals surface area (Å²) in [6.07, 6.45) is 74.3. The van der Waals surface area contributed by atoms with Crippen LogP contribution in [0, 0.1) is 0 Å². The zero-order valence-electron chi connectivity index (χ0n) is 46.0. The highest BCUT2D eigenvalue weighted by molar-refractivity contribution is 5.76. The molecular formula is C63H117NO5. The minimum absolute atomic E-state index is 0.00306. The quantitative estimate of drug-likeness (QED) is 0.0321. The van der Waals surface area contributed by atoms with Crippen LogP contribution >= 0.6 is 0 Å². The number of hydrogen-bond donors (Lipinski definition) is 3. The van der Waals surface area contributed by atoms with Gasteiger partial charge in [0.1, 0.15) is 0 Å². The van der Waals surface area contributed by atoms with E-state index in [4.69, 9.17) is 4.74 Å². The minimum atomic E-state index is -0.847. The molecule has 6 heteroatoms. The Morgan fingerprint density at radius 1 is 0.406 bits per heavy atom. The average Bonchev–Trinajstić information content (AvgIpc) is 3.35. The average molecular weight is 969 g/mol. The number of allylic oxidation sites excluding steroid dienone is 7. The third kappa shape index (κ3) is 55.0. The Kier molecular flexibility index (Phi) is 56.5. The van der Waals surface area contributed by atoms with E-state index in [1.54, 1.807) is 6.08 Å². The molecule has 2 unspecified atom stereocenters. The van der Waals surface area contributed by atoms with E-state index in [0.29, 0.717) is 19.4 Å². The number of esters is 1. The van der Waals surface area contributed by atoms with Crippen LogP contribution in [0.15, 0.2) is 48.6 Å². The molecule has 69 heavy (non-hydrogen) atoms. The largest absolute Gasteiger partial charge is 0.466 e. The molecule has 0 aromatic rings. The summed E-state index contributed by atoms with van der Waals surface area (Å²) in [4.78, 5) is 24.5. The second-order valence-electron chi connectivity index (χ2n) is 20.7. The van der Waals surface area contributed by atoms with Crippen molar-refractivity contribution in [2.24, 2.45) is 0 Å². The number of ether oxygens (including phenoxy) is 1. The van der Waals surface area contributed by atoms with Crippen molar-refractivity contribution in [1.82, 2.24) is 5.32 Å². The summed E-state index contributed by atoms with van der Waals surface area (Å²) in [7, 11) is 0. The van der Waals surface area contributed by atoms with Crippen molar-refractivity contribution in [3.8, 4) is 0 Å². The molecule has 0 rings (SSSR count). The standard InChI is InChI=1S/C63H117NO5/c1-3-5-7-9-11-13-15-17-31-35-39-43-47-51-55-61(66)60(59-65)64-62(67)56-52-48-44-40-36-32-29-27-25-23-21-19-20-22-24-26-28-30-34-38-42-46-50-54-58-69-63(68)57-53-49-45-41-37-33-18-16-14-12-10-8-6-4-2/h10,12,16,18,21,23,51,55,60-61,65-66H,3-9,11,13-15,17,19-20,22,24-50,52-54,56-59H2,1-2H3,(H,64,67)/b12-10-,18-16-,23-21-,55-51+. The molecule has 0 aromatic carbocycles. The van der Waals surface area contributed by atoms with Gasteiger partial charge in [0.2, 0.25) is 5.91 Å². The van der Waals surface area contributed by atoms with Crippen molar-refractivity contribution in [3.05, 3.63) is 48.6 Å². The first kappa shape index (κ1) is 66.8. The lowest BCUT2D eigenvalue weighted by Gasteiger charge is -2.20. The fourth-order valence-corrected chi connectivity index (χ4v) is 9.12. The third-order valence-electron chi connectivity index (χ3n) is 13.8. The van der Waals surface area contributed by atoms with E-state index in [0.717, 1.165) is 51.4 Å². The van der Waals surface area contributed by atoms with Gasteiger partial charge < -0.3 is 20.3 Å². The zero-order chi connectivity index (χ0) is 50.0. The number of carbonyl (C=O) groups is 2. The van der Waals surface area contributed by atoms with E-state index in [2.05, 4.69) is 55.6 Å². The third-order valence-corrected chi connectivity index (χ3v) is 13.8. The molecule has 0 heterocycles. The zero-order valence-corrected chi connectivity index (χ0v) is 46.0.